The van der Waals surface area contributed by atoms with Crippen molar-refractivity contribution < 1.29 is 0 Å². The zero-order chi connectivity index (χ0) is 11.9. The minimum Gasteiger partial charge on any atom is -0.354 e. The van der Waals surface area contributed by atoms with E-state index in [1.165, 1.54) is 44.5 Å². The highest BCUT2D eigenvalue weighted by molar-refractivity contribution is 5.09. The SMILES string of the molecule is CCCn1ccc(CNCCN2CCCC2)c1. The molecule has 0 aromatic carbocycles. The molecule has 1 saturated heterocycles. The molecule has 1 aliphatic heterocycles. The van der Waals surface area contributed by atoms with Gasteiger partial charge in [0.2, 0.25) is 0 Å². The van der Waals surface area contributed by atoms with Crippen LogP contribution in [-0.2, 0) is 13.1 Å². The number of hydrogen-bond acceptors (Lipinski definition) is 2. The van der Waals surface area contributed by atoms with Gasteiger partial charge in [-0.05, 0) is 44.0 Å². The van der Waals surface area contributed by atoms with Crippen molar-refractivity contribution in [2.45, 2.75) is 39.3 Å². The zero-order valence-corrected chi connectivity index (χ0v) is 11.0. The van der Waals surface area contributed by atoms with Crippen molar-refractivity contribution >= 4 is 0 Å². The van der Waals surface area contributed by atoms with Crippen molar-refractivity contribution in [3.8, 4) is 0 Å². The standard InChI is InChI=1S/C14H25N3/c1-2-7-17-10-5-14(13-17)12-15-6-11-16-8-3-4-9-16/h5,10,13,15H,2-4,6-9,11-12H2,1H3. The van der Waals surface area contributed by atoms with Gasteiger partial charge in [0.1, 0.15) is 0 Å². The second kappa shape index (κ2) is 6.82. The minimum absolute atomic E-state index is 1.00. The van der Waals surface area contributed by atoms with Crippen LogP contribution in [0.15, 0.2) is 18.5 Å². The van der Waals surface area contributed by atoms with Crippen LogP contribution in [0.2, 0.25) is 0 Å². The van der Waals surface area contributed by atoms with Gasteiger partial charge < -0.3 is 14.8 Å². The third kappa shape index (κ3) is 4.17. The first-order valence-corrected chi connectivity index (χ1v) is 6.96. The first-order valence-electron chi connectivity index (χ1n) is 6.96. The first-order chi connectivity index (χ1) is 8.38. The normalized spacial score (nSPS) is 16.8. The van der Waals surface area contributed by atoms with Gasteiger partial charge in [-0.15, -0.1) is 0 Å². The van der Waals surface area contributed by atoms with Crippen LogP contribution in [0.5, 0.6) is 0 Å². The van der Waals surface area contributed by atoms with Crippen molar-refractivity contribution in [3.63, 3.8) is 0 Å². The van der Waals surface area contributed by atoms with Crippen molar-refractivity contribution in [2.24, 2.45) is 0 Å². The molecule has 0 amide bonds. The highest BCUT2D eigenvalue weighted by Crippen LogP contribution is 2.06. The Bertz CT molecular complexity index is 313. The molecule has 1 aliphatic rings. The van der Waals surface area contributed by atoms with Gasteiger partial charge in [-0.2, -0.15) is 0 Å². The van der Waals surface area contributed by atoms with Gasteiger partial charge in [0.05, 0.1) is 0 Å². The lowest BCUT2D eigenvalue weighted by Crippen LogP contribution is -2.29. The minimum atomic E-state index is 1.00. The summed E-state index contributed by atoms with van der Waals surface area (Å²) in [5, 5.41) is 3.53. The smallest absolute Gasteiger partial charge is 0.0221 e. The van der Waals surface area contributed by atoms with E-state index in [9.17, 15) is 0 Å². The lowest BCUT2D eigenvalue weighted by atomic mass is 10.3. The molecule has 17 heavy (non-hydrogen) atoms. The van der Waals surface area contributed by atoms with Crippen LogP contribution in [-0.4, -0.2) is 35.6 Å². The third-order valence-electron chi connectivity index (χ3n) is 3.43. The summed E-state index contributed by atoms with van der Waals surface area (Å²) in [6.07, 6.45) is 8.42. The molecule has 3 heteroatoms. The Balaban J connectivity index is 1.60. The molecular weight excluding hydrogens is 210 g/mol. The molecule has 0 unspecified atom stereocenters. The molecule has 1 fully saturated rings. The Hall–Kier alpha value is -0.800. The molecule has 96 valence electrons. The van der Waals surface area contributed by atoms with E-state index in [1.807, 2.05) is 0 Å². The van der Waals surface area contributed by atoms with E-state index in [0.29, 0.717) is 0 Å². The molecule has 1 aromatic heterocycles. The van der Waals surface area contributed by atoms with E-state index in [1.54, 1.807) is 0 Å². The number of nitrogens with one attached hydrogen (secondary N) is 1. The topological polar surface area (TPSA) is 20.2 Å². The molecule has 1 aromatic rings. The zero-order valence-electron chi connectivity index (χ0n) is 11.0. The highest BCUT2D eigenvalue weighted by Gasteiger charge is 2.09. The molecule has 2 rings (SSSR count). The molecule has 0 spiro atoms. The van der Waals surface area contributed by atoms with Crippen molar-refractivity contribution in [2.75, 3.05) is 26.2 Å². The number of likely N-dealkylation sites (tertiary alicyclic amines) is 1. The van der Waals surface area contributed by atoms with Crippen LogP contribution in [0.25, 0.3) is 0 Å². The van der Waals surface area contributed by atoms with Crippen LogP contribution in [0.4, 0.5) is 0 Å². The summed E-state index contributed by atoms with van der Waals surface area (Å²) < 4.78 is 2.28. The predicted octanol–water partition coefficient (Wildman–Crippen LogP) is 2.08. The van der Waals surface area contributed by atoms with Crippen LogP contribution >= 0.6 is 0 Å². The largest absolute Gasteiger partial charge is 0.354 e. The molecule has 0 radical (unpaired) electrons. The fraction of sp³-hybridized carbons (Fsp3) is 0.714. The fourth-order valence-corrected chi connectivity index (χ4v) is 2.47. The van der Waals surface area contributed by atoms with E-state index < -0.39 is 0 Å². The summed E-state index contributed by atoms with van der Waals surface area (Å²) in [6, 6.07) is 2.22. The van der Waals surface area contributed by atoms with Gasteiger partial charge in [-0.1, -0.05) is 6.92 Å². The van der Waals surface area contributed by atoms with Gasteiger partial charge in [0.15, 0.2) is 0 Å². The van der Waals surface area contributed by atoms with E-state index in [-0.39, 0.29) is 0 Å². The Kier molecular flexibility index (Phi) is 5.08. The number of nitrogens with zero attached hydrogens (tertiary/aromatic N) is 2. The summed E-state index contributed by atoms with van der Waals surface area (Å²) in [7, 11) is 0. The van der Waals surface area contributed by atoms with Crippen molar-refractivity contribution in [1.29, 1.82) is 0 Å². The fourth-order valence-electron chi connectivity index (χ4n) is 2.47. The second-order valence-corrected chi connectivity index (χ2v) is 4.98. The highest BCUT2D eigenvalue weighted by atomic mass is 15.1. The van der Waals surface area contributed by atoms with E-state index >= 15 is 0 Å². The molecule has 0 saturated carbocycles. The maximum atomic E-state index is 3.53. The summed E-state index contributed by atoms with van der Waals surface area (Å²) in [6.45, 7) is 9.27. The molecule has 3 nitrogen and oxygen atoms in total. The maximum Gasteiger partial charge on any atom is 0.0221 e. The molecule has 0 bridgehead atoms. The van der Waals surface area contributed by atoms with Crippen LogP contribution < -0.4 is 5.32 Å². The summed E-state index contributed by atoms with van der Waals surface area (Å²) >= 11 is 0. The van der Waals surface area contributed by atoms with Crippen LogP contribution in [0.3, 0.4) is 0 Å². The predicted molar refractivity (Wildman–Crippen MR) is 72.1 cm³/mol. The molecular formula is C14H25N3. The third-order valence-corrected chi connectivity index (χ3v) is 3.43. The molecule has 2 heterocycles. The summed E-state index contributed by atoms with van der Waals surface area (Å²) in [5.74, 6) is 0. The van der Waals surface area contributed by atoms with E-state index in [2.05, 4.69) is 40.2 Å². The van der Waals surface area contributed by atoms with E-state index in [4.69, 9.17) is 0 Å². The Morgan fingerprint density at radius 3 is 2.82 bits per heavy atom. The second-order valence-electron chi connectivity index (χ2n) is 4.98. The van der Waals surface area contributed by atoms with Gasteiger partial charge in [-0.3, -0.25) is 0 Å². The Morgan fingerprint density at radius 2 is 2.06 bits per heavy atom. The van der Waals surface area contributed by atoms with E-state index in [0.717, 1.165) is 19.6 Å². The average molecular weight is 235 g/mol. The Labute approximate surface area is 105 Å². The number of aromatic nitrogens is 1. The number of hydrogen-bond donors (Lipinski definition) is 1. The summed E-state index contributed by atoms with van der Waals surface area (Å²) in [5.41, 5.74) is 1.40. The summed E-state index contributed by atoms with van der Waals surface area (Å²) in [4.78, 5) is 2.55. The molecule has 0 atom stereocenters. The lowest BCUT2D eigenvalue weighted by Gasteiger charge is -2.14. The maximum absolute atomic E-state index is 3.53. The molecule has 0 aliphatic carbocycles. The van der Waals surface area contributed by atoms with Crippen molar-refractivity contribution in [1.82, 2.24) is 14.8 Å². The number of aryl methyl sites for hydroxylation is 1. The number of rotatable bonds is 7. The van der Waals surface area contributed by atoms with Crippen LogP contribution in [0, 0.1) is 0 Å². The van der Waals surface area contributed by atoms with Gasteiger partial charge >= 0.3 is 0 Å². The lowest BCUT2D eigenvalue weighted by molar-refractivity contribution is 0.335. The average Bonchev–Trinajstić information content (AvgIpc) is 2.96. The van der Waals surface area contributed by atoms with Gasteiger partial charge in [-0.25, -0.2) is 0 Å². The van der Waals surface area contributed by atoms with Gasteiger partial charge in [0, 0.05) is 38.6 Å². The monoisotopic (exact) mass is 235 g/mol. The Morgan fingerprint density at radius 1 is 1.24 bits per heavy atom. The quantitative estimate of drug-likeness (QED) is 0.730. The van der Waals surface area contributed by atoms with Crippen molar-refractivity contribution in [3.05, 3.63) is 24.0 Å². The van der Waals surface area contributed by atoms with Crippen LogP contribution in [0.1, 0.15) is 31.7 Å². The van der Waals surface area contributed by atoms with Gasteiger partial charge in [0.25, 0.3) is 0 Å². The first kappa shape index (κ1) is 12.7. The molecule has 1 N–H and O–H groups in total.